The zero-order valence-electron chi connectivity index (χ0n) is 47.2. The van der Waals surface area contributed by atoms with Crippen molar-refractivity contribution in [2.45, 2.75) is 135 Å². The van der Waals surface area contributed by atoms with Crippen LogP contribution in [0.5, 0.6) is 0 Å². The van der Waals surface area contributed by atoms with Crippen LogP contribution in [0.25, 0.3) is 55.8 Å². The predicted octanol–water partition coefficient (Wildman–Crippen LogP) is 7.96. The molecular weight excluding hydrogens is 1020 g/mol. The number of rotatable bonds is 15. The number of benzene rings is 2. The van der Waals surface area contributed by atoms with Crippen LogP contribution in [0.1, 0.15) is 118 Å². The van der Waals surface area contributed by atoms with E-state index in [1.54, 1.807) is 62.1 Å². The Bertz CT molecular complexity index is 3480. The van der Waals surface area contributed by atoms with E-state index in [-0.39, 0.29) is 43.8 Å². The van der Waals surface area contributed by atoms with E-state index >= 15 is 0 Å². The van der Waals surface area contributed by atoms with E-state index in [0.717, 1.165) is 78.0 Å². The lowest BCUT2D eigenvalue weighted by Crippen LogP contribution is -2.46. The molecule has 79 heavy (non-hydrogen) atoms. The fourth-order valence-corrected chi connectivity index (χ4v) is 10.6. The predicted molar refractivity (Wildman–Crippen MR) is 307 cm³/mol. The normalized spacial score (nSPS) is 15.2. The van der Waals surface area contributed by atoms with Crippen molar-refractivity contribution in [3.63, 3.8) is 0 Å². The number of fused-ring (bicyclic) bond motifs is 4. The molecule has 420 valence electrons. The van der Waals surface area contributed by atoms with Gasteiger partial charge in [0.25, 0.3) is 11.8 Å². The first-order valence-corrected chi connectivity index (χ1v) is 31.0. The van der Waals surface area contributed by atoms with E-state index in [1.807, 2.05) is 66.4 Å². The number of amides is 3. The number of piperidine rings is 2. The summed E-state index contributed by atoms with van der Waals surface area (Å²) in [6.45, 7) is 23.2. The first kappa shape index (κ1) is 56.6. The van der Waals surface area contributed by atoms with Gasteiger partial charge in [-0.2, -0.15) is 10.2 Å². The van der Waals surface area contributed by atoms with Crippen molar-refractivity contribution in [3.05, 3.63) is 95.8 Å². The molecule has 0 atom stereocenters. The summed E-state index contributed by atoms with van der Waals surface area (Å²) in [5.41, 5.74) is 4.45. The smallest absolute Gasteiger partial charge is 0.410 e. The standard InChI is InChI=1S/C34H49N7O5Si.C23H27N7O2/c1-33(2,3)46-32(44)39-15-13-23(14-16-39)28-24-11-9-10-12-26(24)41(38-28)27-19-35-30-29(36-27)25(31(43)37-34(4,5)21-42)20-40(30)22-45-17-18-47(6,7)8;1-23(2,13-31)28-22(32)16-11-25-21-20(16)27-18(12-26-21)30-17-6-4-3-5-15(17)19(29-30)14-7-9-24-10-8-14/h9-12,19-20,23,42H,13-18,21-22H2,1-8H3,(H,37,43);3-6,11-12,14,24,31H,7-10,13H2,1-2H3,(H,25,26)(H,28,32). The van der Waals surface area contributed by atoms with E-state index in [1.165, 1.54) is 0 Å². The Morgan fingerprint density at radius 3 is 1.81 bits per heavy atom. The summed E-state index contributed by atoms with van der Waals surface area (Å²) in [5, 5.41) is 40.6. The molecule has 0 unspecified atom stereocenters. The summed E-state index contributed by atoms with van der Waals surface area (Å²) in [6, 6.07) is 17.2. The van der Waals surface area contributed by atoms with Crippen molar-refractivity contribution in [2.24, 2.45) is 0 Å². The molecule has 8 heterocycles. The lowest BCUT2D eigenvalue weighted by Gasteiger charge is -2.33. The summed E-state index contributed by atoms with van der Waals surface area (Å²) in [6.07, 6.45) is 10.00. The molecule has 10 rings (SSSR count). The summed E-state index contributed by atoms with van der Waals surface area (Å²) in [5.74, 6) is 0.913. The van der Waals surface area contributed by atoms with Crippen LogP contribution >= 0.6 is 0 Å². The third kappa shape index (κ3) is 13.0. The Labute approximate surface area is 460 Å². The second-order valence-corrected chi connectivity index (χ2v) is 29.9. The molecule has 3 amide bonds. The van der Waals surface area contributed by atoms with E-state index in [0.29, 0.717) is 70.7 Å². The lowest BCUT2D eigenvalue weighted by molar-refractivity contribution is 0.0204. The van der Waals surface area contributed by atoms with Gasteiger partial charge in [-0.3, -0.25) is 9.59 Å². The Balaban J connectivity index is 0.000000205. The molecule has 2 aliphatic rings. The lowest BCUT2D eigenvalue weighted by atomic mass is 9.92. The number of hydrogen-bond acceptors (Lipinski definition) is 14. The maximum atomic E-state index is 13.5. The quantitative estimate of drug-likeness (QED) is 0.0421. The van der Waals surface area contributed by atoms with Crippen molar-refractivity contribution >= 4 is 70.1 Å². The number of aliphatic hydroxyl groups excluding tert-OH is 2. The largest absolute Gasteiger partial charge is 0.444 e. The van der Waals surface area contributed by atoms with Gasteiger partial charge >= 0.3 is 6.09 Å². The van der Waals surface area contributed by atoms with Crippen molar-refractivity contribution in [1.29, 1.82) is 0 Å². The number of carbonyl (C=O) groups excluding carboxylic acids is 3. The Kier molecular flexibility index (Phi) is 16.4. The highest BCUT2D eigenvalue weighted by Crippen LogP contribution is 2.35. The second kappa shape index (κ2) is 22.9. The molecule has 22 heteroatoms. The van der Waals surface area contributed by atoms with Crippen LogP contribution in [-0.4, -0.2) is 153 Å². The molecule has 0 bridgehead atoms. The fourth-order valence-electron chi connectivity index (χ4n) is 9.83. The average molecular weight is 1100 g/mol. The molecule has 6 N–H and O–H groups in total. The van der Waals surface area contributed by atoms with Gasteiger partial charge in [-0.05, 0) is 105 Å². The number of aromatic nitrogens is 10. The minimum absolute atomic E-state index is 0.146. The molecule has 2 fully saturated rings. The van der Waals surface area contributed by atoms with E-state index in [2.05, 4.69) is 57.7 Å². The third-order valence-corrected chi connectivity index (χ3v) is 16.0. The highest BCUT2D eigenvalue weighted by atomic mass is 28.3. The monoisotopic (exact) mass is 1100 g/mol. The molecule has 0 spiro atoms. The van der Waals surface area contributed by atoms with Crippen LogP contribution in [0.4, 0.5) is 4.79 Å². The average Bonchev–Trinajstić information content (AvgIpc) is 4.39. The van der Waals surface area contributed by atoms with E-state index in [9.17, 15) is 24.6 Å². The van der Waals surface area contributed by atoms with Gasteiger partial charge in [0.1, 0.15) is 23.4 Å². The Hall–Kier alpha value is -7.11. The molecule has 0 saturated carbocycles. The van der Waals surface area contributed by atoms with Crippen LogP contribution in [0, 0.1) is 0 Å². The SMILES string of the molecule is CC(C)(CO)NC(=O)c1c[nH]c2ncc(-n3nc(C4CCNCC4)c4ccccc43)nc12.CC(C)(CO)NC(=O)c1cn(COCC[Si](C)(C)C)c2ncc(-n3nc(C4CCN(C(=O)OC(C)(C)C)CC4)c4ccccc43)nc12. The minimum atomic E-state index is -1.27. The van der Waals surface area contributed by atoms with Gasteiger partial charge in [0.05, 0.1) is 70.2 Å². The van der Waals surface area contributed by atoms with Crippen molar-refractivity contribution in [1.82, 2.24) is 69.9 Å². The van der Waals surface area contributed by atoms with E-state index < -0.39 is 24.8 Å². The van der Waals surface area contributed by atoms with Gasteiger partial charge in [0, 0.05) is 62.8 Å². The zero-order valence-corrected chi connectivity index (χ0v) is 48.2. The number of H-pyrrole nitrogens is 1. The maximum absolute atomic E-state index is 13.5. The third-order valence-electron chi connectivity index (χ3n) is 14.3. The highest BCUT2D eigenvalue weighted by Gasteiger charge is 2.32. The van der Waals surface area contributed by atoms with Crippen molar-refractivity contribution < 1.29 is 34.1 Å². The van der Waals surface area contributed by atoms with Gasteiger partial charge in [-0.15, -0.1) is 0 Å². The van der Waals surface area contributed by atoms with E-state index in [4.69, 9.17) is 34.6 Å². The number of ether oxygens (including phenoxy) is 2. The number of aliphatic hydroxyl groups is 2. The maximum Gasteiger partial charge on any atom is 0.410 e. The molecule has 2 aliphatic heterocycles. The van der Waals surface area contributed by atoms with Gasteiger partial charge in [-0.1, -0.05) is 56.0 Å². The molecule has 8 aromatic rings. The first-order chi connectivity index (χ1) is 37.5. The molecule has 0 aliphatic carbocycles. The fraction of sp³-hybridized carbons (Fsp3) is 0.491. The summed E-state index contributed by atoms with van der Waals surface area (Å²) in [4.78, 5) is 62.8. The van der Waals surface area contributed by atoms with Crippen LogP contribution in [-0.2, 0) is 16.2 Å². The van der Waals surface area contributed by atoms with Gasteiger partial charge in [-0.25, -0.2) is 34.1 Å². The number of carbonyl (C=O) groups is 3. The molecule has 6 aromatic heterocycles. The summed E-state index contributed by atoms with van der Waals surface area (Å²) >= 11 is 0. The van der Waals surface area contributed by atoms with Crippen molar-refractivity contribution in [3.8, 4) is 11.6 Å². The Morgan fingerprint density at radius 2 is 1.25 bits per heavy atom. The number of nitrogens with zero attached hydrogens (tertiary/aromatic N) is 10. The van der Waals surface area contributed by atoms with Crippen LogP contribution < -0.4 is 16.0 Å². The molecule has 2 saturated heterocycles. The second-order valence-electron chi connectivity index (χ2n) is 24.3. The number of likely N-dealkylation sites (tertiary alicyclic amines) is 1. The number of aromatic amines is 1. The number of nitrogens with one attached hydrogen (secondary N) is 4. The van der Waals surface area contributed by atoms with Gasteiger partial charge in [0.15, 0.2) is 22.9 Å². The molecule has 2 aromatic carbocycles. The van der Waals surface area contributed by atoms with Crippen LogP contribution in [0.15, 0.2) is 73.3 Å². The summed E-state index contributed by atoms with van der Waals surface area (Å²) < 4.78 is 17.0. The van der Waals surface area contributed by atoms with Crippen LogP contribution in [0.3, 0.4) is 0 Å². The van der Waals surface area contributed by atoms with Crippen LogP contribution in [0.2, 0.25) is 25.7 Å². The minimum Gasteiger partial charge on any atom is -0.444 e. The molecular formula is C57H76N14O7Si. The number of para-hydroxylation sites is 2. The van der Waals surface area contributed by atoms with Gasteiger partial charge < -0.3 is 50.1 Å². The number of hydrogen-bond donors (Lipinski definition) is 6. The molecule has 0 radical (unpaired) electrons. The van der Waals surface area contributed by atoms with Crippen molar-refractivity contribution in [2.75, 3.05) is 46.0 Å². The Morgan fingerprint density at radius 1 is 0.722 bits per heavy atom. The van der Waals surface area contributed by atoms with Gasteiger partial charge in [0.2, 0.25) is 0 Å². The summed E-state index contributed by atoms with van der Waals surface area (Å²) in [7, 11) is -1.27. The highest BCUT2D eigenvalue weighted by molar-refractivity contribution is 6.76. The molecule has 21 nitrogen and oxygen atoms in total. The first-order valence-electron chi connectivity index (χ1n) is 27.3. The topological polar surface area (TPSA) is 257 Å². The zero-order chi connectivity index (χ0) is 56.4.